The zero-order chi connectivity index (χ0) is 15.2. The van der Waals surface area contributed by atoms with Crippen LogP contribution in [0.4, 0.5) is 4.39 Å². The van der Waals surface area contributed by atoms with Crippen LogP contribution in [0.15, 0.2) is 33.7 Å². The van der Waals surface area contributed by atoms with Crippen molar-refractivity contribution in [2.45, 2.75) is 43.4 Å². The van der Waals surface area contributed by atoms with Crippen molar-refractivity contribution in [2.75, 3.05) is 0 Å². The highest BCUT2D eigenvalue weighted by Crippen LogP contribution is 2.24. The largest absolute Gasteiger partial charge is 0.393 e. The Bertz CT molecular complexity index is 574. The van der Waals surface area contributed by atoms with E-state index < -0.39 is 6.10 Å². The molecule has 0 aliphatic heterocycles. The average molecular weight is 310 g/mol. The van der Waals surface area contributed by atoms with Crippen LogP contribution in [0, 0.1) is 11.7 Å². The fraction of sp³-hybridized carbons (Fsp3) is 0.467. The van der Waals surface area contributed by atoms with Crippen molar-refractivity contribution < 1.29 is 14.0 Å². The number of nitrogens with zero attached hydrogens (tertiary/aromatic N) is 2. The highest BCUT2D eigenvalue weighted by molar-refractivity contribution is 7.98. The Morgan fingerprint density at radius 3 is 2.81 bits per heavy atom. The second-order valence-electron chi connectivity index (χ2n) is 5.31. The Kier molecular flexibility index (Phi) is 5.76. The first-order valence-electron chi connectivity index (χ1n) is 6.91. The van der Waals surface area contributed by atoms with Gasteiger partial charge in [0, 0.05) is 4.90 Å². The number of thioether (sulfide) groups is 1. The molecule has 0 radical (unpaired) electrons. The SMILES string of the molecule is CC(C)CC(O)Cc1nc(CSc2ccccc2F)no1. The van der Waals surface area contributed by atoms with Crippen molar-refractivity contribution in [3.63, 3.8) is 0 Å². The molecule has 0 aliphatic carbocycles. The molecule has 0 spiro atoms. The predicted molar refractivity (Wildman–Crippen MR) is 79.4 cm³/mol. The number of benzene rings is 1. The molecule has 0 saturated heterocycles. The smallest absolute Gasteiger partial charge is 0.229 e. The van der Waals surface area contributed by atoms with Gasteiger partial charge in [0.15, 0.2) is 5.82 Å². The molecular weight excluding hydrogens is 291 g/mol. The summed E-state index contributed by atoms with van der Waals surface area (Å²) in [7, 11) is 0. The van der Waals surface area contributed by atoms with Crippen LogP contribution in [0.25, 0.3) is 0 Å². The molecule has 0 aliphatic rings. The number of aliphatic hydroxyl groups is 1. The topological polar surface area (TPSA) is 59.2 Å². The summed E-state index contributed by atoms with van der Waals surface area (Å²) in [6.07, 6.45) is 0.578. The van der Waals surface area contributed by atoms with E-state index in [1.807, 2.05) is 13.8 Å². The lowest BCUT2D eigenvalue weighted by Gasteiger charge is -2.09. The Morgan fingerprint density at radius 2 is 2.10 bits per heavy atom. The van der Waals surface area contributed by atoms with Gasteiger partial charge in [-0.1, -0.05) is 31.1 Å². The van der Waals surface area contributed by atoms with Gasteiger partial charge in [0.2, 0.25) is 5.89 Å². The molecule has 2 aromatic rings. The van der Waals surface area contributed by atoms with Crippen molar-refractivity contribution >= 4 is 11.8 Å². The Hall–Kier alpha value is -1.40. The van der Waals surface area contributed by atoms with Crippen molar-refractivity contribution in [2.24, 2.45) is 5.92 Å². The van der Waals surface area contributed by atoms with Gasteiger partial charge in [-0.25, -0.2) is 4.39 Å². The van der Waals surface area contributed by atoms with E-state index in [0.717, 1.165) is 0 Å². The molecule has 1 unspecified atom stereocenters. The summed E-state index contributed by atoms with van der Waals surface area (Å²) in [6.45, 7) is 4.10. The number of hydrogen-bond acceptors (Lipinski definition) is 5. The third-order valence-electron chi connectivity index (χ3n) is 2.86. The van der Waals surface area contributed by atoms with Gasteiger partial charge in [0.25, 0.3) is 0 Å². The summed E-state index contributed by atoms with van der Waals surface area (Å²) >= 11 is 1.32. The van der Waals surface area contributed by atoms with Gasteiger partial charge in [0.1, 0.15) is 5.82 Å². The number of halogens is 1. The lowest BCUT2D eigenvalue weighted by molar-refractivity contribution is 0.138. The summed E-state index contributed by atoms with van der Waals surface area (Å²) in [6, 6.07) is 6.58. The summed E-state index contributed by atoms with van der Waals surface area (Å²) in [5, 5.41) is 13.7. The molecule has 6 heteroatoms. The van der Waals surface area contributed by atoms with E-state index in [4.69, 9.17) is 4.52 Å². The van der Waals surface area contributed by atoms with Crippen LogP contribution < -0.4 is 0 Å². The van der Waals surface area contributed by atoms with E-state index in [1.165, 1.54) is 17.8 Å². The minimum absolute atomic E-state index is 0.251. The van der Waals surface area contributed by atoms with Crippen LogP contribution >= 0.6 is 11.8 Å². The minimum Gasteiger partial charge on any atom is -0.393 e. The van der Waals surface area contributed by atoms with E-state index in [-0.39, 0.29) is 5.82 Å². The standard InChI is InChI=1S/C15H19FN2O2S/c1-10(2)7-11(19)8-15-17-14(18-20-15)9-21-13-6-4-3-5-12(13)16/h3-6,10-11,19H,7-9H2,1-2H3. The molecule has 1 heterocycles. The molecule has 0 saturated carbocycles. The van der Waals surface area contributed by atoms with E-state index >= 15 is 0 Å². The van der Waals surface area contributed by atoms with E-state index in [2.05, 4.69) is 10.1 Å². The molecule has 21 heavy (non-hydrogen) atoms. The summed E-state index contributed by atoms with van der Waals surface area (Å²) in [5.41, 5.74) is 0. The molecule has 0 amide bonds. The summed E-state index contributed by atoms with van der Waals surface area (Å²) < 4.78 is 18.6. The van der Waals surface area contributed by atoms with Gasteiger partial charge in [0.05, 0.1) is 18.3 Å². The van der Waals surface area contributed by atoms with Gasteiger partial charge >= 0.3 is 0 Å². The third kappa shape index (κ3) is 5.13. The van der Waals surface area contributed by atoms with Crippen molar-refractivity contribution in [1.82, 2.24) is 10.1 Å². The molecule has 2 rings (SSSR count). The molecular formula is C15H19FN2O2S. The minimum atomic E-state index is -0.475. The fourth-order valence-electron chi connectivity index (χ4n) is 1.96. The zero-order valence-electron chi connectivity index (χ0n) is 12.1. The molecule has 0 bridgehead atoms. The van der Waals surface area contributed by atoms with Crippen LogP contribution in [-0.4, -0.2) is 21.4 Å². The van der Waals surface area contributed by atoms with Crippen molar-refractivity contribution in [3.8, 4) is 0 Å². The van der Waals surface area contributed by atoms with E-state index in [9.17, 15) is 9.50 Å². The Balaban J connectivity index is 1.87. The van der Waals surface area contributed by atoms with E-state index in [1.54, 1.807) is 18.2 Å². The van der Waals surface area contributed by atoms with Crippen molar-refractivity contribution in [3.05, 3.63) is 41.8 Å². The van der Waals surface area contributed by atoms with Gasteiger partial charge in [-0.2, -0.15) is 4.98 Å². The fourth-order valence-corrected chi connectivity index (χ4v) is 2.75. The van der Waals surface area contributed by atoms with Gasteiger partial charge in [-0.05, 0) is 24.5 Å². The average Bonchev–Trinajstić information content (AvgIpc) is 2.84. The highest BCUT2D eigenvalue weighted by atomic mass is 32.2. The maximum absolute atomic E-state index is 13.5. The molecule has 1 atom stereocenters. The summed E-state index contributed by atoms with van der Waals surface area (Å²) in [4.78, 5) is 4.78. The second kappa shape index (κ2) is 7.56. The summed E-state index contributed by atoms with van der Waals surface area (Å²) in [5.74, 6) is 1.53. The highest BCUT2D eigenvalue weighted by Gasteiger charge is 2.14. The number of aliphatic hydroxyl groups excluding tert-OH is 1. The lowest BCUT2D eigenvalue weighted by atomic mass is 10.0. The molecule has 1 N–H and O–H groups in total. The first kappa shape index (κ1) is 16.0. The normalized spacial score (nSPS) is 12.8. The van der Waals surface area contributed by atoms with Crippen LogP contribution in [0.1, 0.15) is 32.0 Å². The van der Waals surface area contributed by atoms with Crippen LogP contribution in [0.5, 0.6) is 0 Å². The van der Waals surface area contributed by atoms with Crippen molar-refractivity contribution in [1.29, 1.82) is 0 Å². The van der Waals surface area contributed by atoms with Crippen LogP contribution in [0.2, 0.25) is 0 Å². The number of aromatic nitrogens is 2. The van der Waals surface area contributed by atoms with Gasteiger partial charge in [-0.15, -0.1) is 11.8 Å². The van der Waals surface area contributed by atoms with Gasteiger partial charge in [-0.3, -0.25) is 0 Å². The monoisotopic (exact) mass is 310 g/mol. The number of rotatable bonds is 7. The first-order valence-corrected chi connectivity index (χ1v) is 7.90. The maximum atomic E-state index is 13.5. The number of hydrogen-bond donors (Lipinski definition) is 1. The Labute approximate surface area is 127 Å². The molecule has 4 nitrogen and oxygen atoms in total. The van der Waals surface area contributed by atoms with Crippen LogP contribution in [0.3, 0.4) is 0 Å². The first-order chi connectivity index (χ1) is 10.0. The molecule has 1 aromatic heterocycles. The predicted octanol–water partition coefficient (Wildman–Crippen LogP) is 3.45. The third-order valence-corrected chi connectivity index (χ3v) is 3.90. The Morgan fingerprint density at radius 1 is 1.33 bits per heavy atom. The quantitative estimate of drug-likeness (QED) is 0.794. The maximum Gasteiger partial charge on any atom is 0.229 e. The molecule has 1 aromatic carbocycles. The zero-order valence-corrected chi connectivity index (χ0v) is 12.9. The van der Waals surface area contributed by atoms with Gasteiger partial charge < -0.3 is 9.63 Å². The lowest BCUT2D eigenvalue weighted by Crippen LogP contribution is -2.13. The molecule has 0 fully saturated rings. The molecule has 114 valence electrons. The second-order valence-corrected chi connectivity index (χ2v) is 6.33. The van der Waals surface area contributed by atoms with E-state index in [0.29, 0.717) is 41.1 Å². The van der Waals surface area contributed by atoms with Crippen LogP contribution in [-0.2, 0) is 12.2 Å².